The molecule has 2 unspecified atom stereocenters. The molecule has 2 aromatic rings. The predicted octanol–water partition coefficient (Wildman–Crippen LogP) is 3.02. The Labute approximate surface area is 117 Å². The first-order valence-electron chi connectivity index (χ1n) is 6.81. The SMILES string of the molecule is NNC(c1ccc2cccnc2c1)C1CCCCS1. The molecule has 3 N–H and O–H groups in total. The van der Waals surface area contributed by atoms with E-state index in [1.807, 2.05) is 24.0 Å². The third-order valence-corrected chi connectivity index (χ3v) is 5.22. The van der Waals surface area contributed by atoms with Crippen LogP contribution < -0.4 is 11.3 Å². The van der Waals surface area contributed by atoms with E-state index in [0.29, 0.717) is 5.25 Å². The van der Waals surface area contributed by atoms with Crippen molar-refractivity contribution < 1.29 is 0 Å². The number of fused-ring (bicyclic) bond motifs is 1. The fourth-order valence-electron chi connectivity index (χ4n) is 2.72. The zero-order valence-corrected chi connectivity index (χ0v) is 11.7. The van der Waals surface area contributed by atoms with Gasteiger partial charge in [-0.3, -0.25) is 16.3 Å². The van der Waals surface area contributed by atoms with Crippen molar-refractivity contribution in [3.05, 3.63) is 42.1 Å². The lowest BCUT2D eigenvalue weighted by Gasteiger charge is -2.29. The third kappa shape index (κ3) is 2.76. The van der Waals surface area contributed by atoms with Gasteiger partial charge in [-0.15, -0.1) is 0 Å². The van der Waals surface area contributed by atoms with Crippen LogP contribution in [0.2, 0.25) is 0 Å². The standard InChI is InChI=1S/C15H19N3S/c16-18-15(14-5-1-2-9-19-14)12-7-6-11-4-3-8-17-13(11)10-12/h3-4,6-8,10,14-15,18H,1-2,5,9,16H2. The van der Waals surface area contributed by atoms with Crippen molar-refractivity contribution in [3.8, 4) is 0 Å². The van der Waals surface area contributed by atoms with E-state index < -0.39 is 0 Å². The number of hydrogen-bond donors (Lipinski definition) is 2. The Hall–Kier alpha value is -1.10. The van der Waals surface area contributed by atoms with Gasteiger partial charge in [-0.2, -0.15) is 11.8 Å². The van der Waals surface area contributed by atoms with Crippen molar-refractivity contribution in [2.45, 2.75) is 30.6 Å². The summed E-state index contributed by atoms with van der Waals surface area (Å²) in [6.07, 6.45) is 5.71. The number of nitrogens with two attached hydrogens (primary N) is 1. The second-order valence-electron chi connectivity index (χ2n) is 5.00. The highest BCUT2D eigenvalue weighted by atomic mass is 32.2. The maximum Gasteiger partial charge on any atom is 0.0705 e. The zero-order chi connectivity index (χ0) is 13.1. The normalized spacial score (nSPS) is 21.4. The van der Waals surface area contributed by atoms with Gasteiger partial charge in [0.15, 0.2) is 0 Å². The summed E-state index contributed by atoms with van der Waals surface area (Å²) in [7, 11) is 0. The van der Waals surface area contributed by atoms with Gasteiger partial charge >= 0.3 is 0 Å². The minimum absolute atomic E-state index is 0.219. The van der Waals surface area contributed by atoms with Gasteiger partial charge in [0.25, 0.3) is 0 Å². The van der Waals surface area contributed by atoms with Gasteiger partial charge in [0, 0.05) is 16.8 Å². The monoisotopic (exact) mass is 273 g/mol. The first kappa shape index (κ1) is 12.9. The molecule has 2 heterocycles. The second-order valence-corrected chi connectivity index (χ2v) is 6.35. The van der Waals surface area contributed by atoms with Gasteiger partial charge in [-0.25, -0.2) is 0 Å². The number of nitrogens with one attached hydrogen (secondary N) is 1. The van der Waals surface area contributed by atoms with Gasteiger partial charge < -0.3 is 0 Å². The van der Waals surface area contributed by atoms with E-state index in [4.69, 9.17) is 5.84 Å². The summed E-state index contributed by atoms with van der Waals surface area (Å²) in [5, 5.41) is 1.75. The van der Waals surface area contributed by atoms with Crippen molar-refractivity contribution in [2.75, 3.05) is 5.75 Å². The Bertz CT molecular complexity index is 552. The van der Waals surface area contributed by atoms with Gasteiger partial charge in [0.2, 0.25) is 0 Å². The summed E-state index contributed by atoms with van der Waals surface area (Å²) in [5.41, 5.74) is 5.29. The van der Waals surface area contributed by atoms with Crippen molar-refractivity contribution in [1.82, 2.24) is 10.4 Å². The second kappa shape index (κ2) is 5.90. The smallest absolute Gasteiger partial charge is 0.0705 e. The lowest BCUT2D eigenvalue weighted by molar-refractivity contribution is 0.492. The summed E-state index contributed by atoms with van der Waals surface area (Å²) in [6, 6.07) is 10.7. The minimum Gasteiger partial charge on any atom is -0.271 e. The topological polar surface area (TPSA) is 50.9 Å². The van der Waals surface area contributed by atoms with Crippen LogP contribution in [0.4, 0.5) is 0 Å². The van der Waals surface area contributed by atoms with Crippen molar-refractivity contribution in [1.29, 1.82) is 0 Å². The molecule has 19 heavy (non-hydrogen) atoms. The van der Waals surface area contributed by atoms with E-state index in [9.17, 15) is 0 Å². The highest BCUT2D eigenvalue weighted by Crippen LogP contribution is 2.34. The van der Waals surface area contributed by atoms with Crippen LogP contribution in [0.15, 0.2) is 36.5 Å². The maximum absolute atomic E-state index is 5.80. The molecule has 0 aliphatic carbocycles. The number of aromatic nitrogens is 1. The molecule has 0 spiro atoms. The average Bonchev–Trinajstić information content (AvgIpc) is 2.49. The summed E-state index contributed by atoms with van der Waals surface area (Å²) < 4.78 is 0. The van der Waals surface area contributed by atoms with E-state index in [1.165, 1.54) is 36.0 Å². The molecule has 0 bridgehead atoms. The Morgan fingerprint density at radius 1 is 1.32 bits per heavy atom. The van der Waals surface area contributed by atoms with Crippen LogP contribution >= 0.6 is 11.8 Å². The van der Waals surface area contributed by atoms with Crippen LogP contribution in [0.25, 0.3) is 10.9 Å². The van der Waals surface area contributed by atoms with Crippen molar-refractivity contribution in [2.24, 2.45) is 5.84 Å². The average molecular weight is 273 g/mol. The molecule has 1 aliphatic rings. The first-order valence-corrected chi connectivity index (χ1v) is 7.86. The molecule has 1 aromatic heterocycles. The molecule has 1 saturated heterocycles. The first-order chi connectivity index (χ1) is 9.38. The molecule has 1 fully saturated rings. The van der Waals surface area contributed by atoms with Crippen LogP contribution in [0.3, 0.4) is 0 Å². The largest absolute Gasteiger partial charge is 0.271 e. The maximum atomic E-state index is 5.80. The Kier molecular flexibility index (Phi) is 4.01. The lowest BCUT2D eigenvalue weighted by Crippen LogP contribution is -2.36. The summed E-state index contributed by atoms with van der Waals surface area (Å²) in [5.74, 6) is 7.04. The number of hydrogen-bond acceptors (Lipinski definition) is 4. The highest BCUT2D eigenvalue weighted by Gasteiger charge is 2.24. The van der Waals surface area contributed by atoms with Crippen molar-refractivity contribution in [3.63, 3.8) is 0 Å². The summed E-state index contributed by atoms with van der Waals surface area (Å²) >= 11 is 2.03. The zero-order valence-electron chi connectivity index (χ0n) is 10.9. The van der Waals surface area contributed by atoms with Gasteiger partial charge in [-0.05, 0) is 36.3 Å². The number of rotatable bonds is 3. The van der Waals surface area contributed by atoms with Gasteiger partial charge in [0.1, 0.15) is 0 Å². The molecule has 3 nitrogen and oxygen atoms in total. The molecular weight excluding hydrogens is 254 g/mol. The van der Waals surface area contributed by atoms with E-state index in [1.54, 1.807) is 0 Å². The lowest BCUT2D eigenvalue weighted by atomic mass is 9.99. The Balaban J connectivity index is 1.91. The van der Waals surface area contributed by atoms with Crippen LogP contribution in [-0.4, -0.2) is 16.0 Å². The van der Waals surface area contributed by atoms with Crippen LogP contribution in [-0.2, 0) is 0 Å². The molecule has 0 radical (unpaired) electrons. The third-order valence-electron chi connectivity index (χ3n) is 3.76. The number of nitrogens with zero attached hydrogens (tertiary/aromatic N) is 1. The van der Waals surface area contributed by atoms with E-state index in [2.05, 4.69) is 34.7 Å². The van der Waals surface area contributed by atoms with Crippen LogP contribution in [0.5, 0.6) is 0 Å². The predicted molar refractivity (Wildman–Crippen MR) is 81.9 cm³/mol. The van der Waals surface area contributed by atoms with E-state index in [-0.39, 0.29) is 6.04 Å². The highest BCUT2D eigenvalue weighted by molar-refractivity contribution is 8.00. The van der Waals surface area contributed by atoms with E-state index in [0.717, 1.165) is 5.52 Å². The molecule has 0 amide bonds. The molecule has 0 saturated carbocycles. The summed E-state index contributed by atoms with van der Waals surface area (Å²) in [6.45, 7) is 0. The molecule has 3 rings (SSSR count). The number of hydrazine groups is 1. The van der Waals surface area contributed by atoms with Crippen molar-refractivity contribution >= 4 is 22.7 Å². The van der Waals surface area contributed by atoms with Crippen LogP contribution in [0, 0.1) is 0 Å². The molecule has 2 atom stereocenters. The quantitative estimate of drug-likeness (QED) is 0.666. The Morgan fingerprint density at radius 2 is 2.26 bits per heavy atom. The molecular formula is C15H19N3S. The molecule has 4 heteroatoms. The van der Waals surface area contributed by atoms with E-state index >= 15 is 0 Å². The number of pyridine rings is 1. The van der Waals surface area contributed by atoms with Gasteiger partial charge in [-0.1, -0.05) is 24.6 Å². The molecule has 1 aliphatic heterocycles. The molecule has 100 valence electrons. The summed E-state index contributed by atoms with van der Waals surface area (Å²) in [4.78, 5) is 4.43. The number of benzene rings is 1. The minimum atomic E-state index is 0.219. The fraction of sp³-hybridized carbons (Fsp3) is 0.400. The Morgan fingerprint density at radius 3 is 3.05 bits per heavy atom. The van der Waals surface area contributed by atoms with Gasteiger partial charge in [0.05, 0.1) is 11.6 Å². The fourth-order valence-corrected chi connectivity index (χ4v) is 4.16. The number of thioether (sulfide) groups is 1. The van der Waals surface area contributed by atoms with Crippen LogP contribution in [0.1, 0.15) is 30.9 Å². The molecule has 1 aromatic carbocycles.